The van der Waals surface area contributed by atoms with Crippen LogP contribution >= 0.6 is 0 Å². The van der Waals surface area contributed by atoms with E-state index in [-0.39, 0.29) is 0 Å². The molecule has 0 aromatic heterocycles. The maximum atomic E-state index is 10.1. The molecule has 80 valence electrons. The minimum absolute atomic E-state index is 0.734. The Morgan fingerprint density at radius 1 is 1.33 bits per heavy atom. The molecular weight excluding hydrogens is 186 g/mol. The SMILES string of the molecule is Cc1cccc(C(O)C(C)(C)C#N)c1C. The van der Waals surface area contributed by atoms with Crippen molar-refractivity contribution in [1.29, 1.82) is 5.26 Å². The fourth-order valence-electron chi connectivity index (χ4n) is 1.52. The van der Waals surface area contributed by atoms with E-state index in [1.807, 2.05) is 32.0 Å². The van der Waals surface area contributed by atoms with Crippen LogP contribution < -0.4 is 0 Å². The van der Waals surface area contributed by atoms with Gasteiger partial charge in [0.05, 0.1) is 17.6 Å². The lowest BCUT2D eigenvalue weighted by Gasteiger charge is -2.25. The fourth-order valence-corrected chi connectivity index (χ4v) is 1.52. The summed E-state index contributed by atoms with van der Waals surface area (Å²) in [5.74, 6) is 0. The average Bonchev–Trinajstić information content (AvgIpc) is 2.21. The van der Waals surface area contributed by atoms with Gasteiger partial charge in [0.2, 0.25) is 0 Å². The normalized spacial score (nSPS) is 13.3. The third-order valence-corrected chi connectivity index (χ3v) is 2.91. The zero-order valence-corrected chi connectivity index (χ0v) is 9.70. The lowest BCUT2D eigenvalue weighted by atomic mass is 9.82. The highest BCUT2D eigenvalue weighted by molar-refractivity contribution is 5.36. The Bertz CT molecular complexity index is 401. The number of aryl methyl sites for hydroxylation is 1. The predicted octanol–water partition coefficient (Wildman–Crippen LogP) is 2.89. The first-order valence-electron chi connectivity index (χ1n) is 5.05. The van der Waals surface area contributed by atoms with Gasteiger partial charge in [-0.2, -0.15) is 5.26 Å². The molecule has 0 aliphatic heterocycles. The van der Waals surface area contributed by atoms with Crippen molar-refractivity contribution >= 4 is 0 Å². The van der Waals surface area contributed by atoms with Crippen molar-refractivity contribution in [3.8, 4) is 6.07 Å². The van der Waals surface area contributed by atoms with Crippen LogP contribution in [-0.2, 0) is 0 Å². The molecule has 0 aliphatic carbocycles. The molecule has 0 saturated carbocycles. The number of nitriles is 1. The van der Waals surface area contributed by atoms with Gasteiger partial charge in [-0.25, -0.2) is 0 Å². The highest BCUT2D eigenvalue weighted by Gasteiger charge is 2.30. The lowest BCUT2D eigenvalue weighted by molar-refractivity contribution is 0.0861. The molecule has 0 saturated heterocycles. The molecule has 1 N–H and O–H groups in total. The zero-order valence-electron chi connectivity index (χ0n) is 9.70. The van der Waals surface area contributed by atoms with Crippen LogP contribution in [0.2, 0.25) is 0 Å². The molecular formula is C13H17NO. The van der Waals surface area contributed by atoms with Crippen molar-refractivity contribution in [1.82, 2.24) is 0 Å². The molecule has 1 aromatic rings. The minimum atomic E-state index is -0.751. The molecule has 0 aliphatic rings. The van der Waals surface area contributed by atoms with Crippen molar-refractivity contribution in [2.24, 2.45) is 5.41 Å². The number of rotatable bonds is 2. The first kappa shape index (κ1) is 11.7. The molecule has 1 rings (SSSR count). The van der Waals surface area contributed by atoms with Gasteiger partial charge in [-0.15, -0.1) is 0 Å². The lowest BCUT2D eigenvalue weighted by Crippen LogP contribution is -2.20. The van der Waals surface area contributed by atoms with E-state index in [0.29, 0.717) is 0 Å². The first-order chi connectivity index (χ1) is 6.90. The van der Waals surface area contributed by atoms with E-state index in [1.54, 1.807) is 13.8 Å². The molecule has 2 nitrogen and oxygen atoms in total. The van der Waals surface area contributed by atoms with Crippen molar-refractivity contribution in [2.75, 3.05) is 0 Å². The third-order valence-electron chi connectivity index (χ3n) is 2.91. The van der Waals surface area contributed by atoms with E-state index in [0.717, 1.165) is 16.7 Å². The van der Waals surface area contributed by atoms with Crippen molar-refractivity contribution in [2.45, 2.75) is 33.8 Å². The van der Waals surface area contributed by atoms with Crippen LogP contribution in [0.15, 0.2) is 18.2 Å². The smallest absolute Gasteiger partial charge is 0.0973 e. The Balaban J connectivity index is 3.19. The summed E-state index contributed by atoms with van der Waals surface area (Å²) in [7, 11) is 0. The first-order valence-corrected chi connectivity index (χ1v) is 5.05. The summed E-state index contributed by atoms with van der Waals surface area (Å²) in [6, 6.07) is 7.93. The largest absolute Gasteiger partial charge is 0.387 e. The number of hydrogen-bond donors (Lipinski definition) is 1. The van der Waals surface area contributed by atoms with Gasteiger partial charge in [-0.1, -0.05) is 18.2 Å². The quantitative estimate of drug-likeness (QED) is 0.803. The monoisotopic (exact) mass is 203 g/mol. The fraction of sp³-hybridized carbons (Fsp3) is 0.462. The zero-order chi connectivity index (χ0) is 11.6. The molecule has 0 amide bonds. The van der Waals surface area contributed by atoms with Gasteiger partial charge in [0, 0.05) is 0 Å². The second-order valence-corrected chi connectivity index (χ2v) is 4.53. The van der Waals surface area contributed by atoms with E-state index in [1.165, 1.54) is 0 Å². The molecule has 0 radical (unpaired) electrons. The summed E-state index contributed by atoms with van der Waals surface area (Å²) >= 11 is 0. The molecule has 15 heavy (non-hydrogen) atoms. The van der Waals surface area contributed by atoms with E-state index < -0.39 is 11.5 Å². The van der Waals surface area contributed by atoms with Crippen molar-refractivity contribution < 1.29 is 5.11 Å². The van der Waals surface area contributed by atoms with Gasteiger partial charge in [0.1, 0.15) is 0 Å². The highest BCUT2D eigenvalue weighted by atomic mass is 16.3. The van der Waals surface area contributed by atoms with Crippen LogP contribution in [0.1, 0.15) is 36.6 Å². The Kier molecular flexibility index (Phi) is 3.16. The molecule has 1 unspecified atom stereocenters. The maximum Gasteiger partial charge on any atom is 0.0973 e. The van der Waals surface area contributed by atoms with Crippen molar-refractivity contribution in [3.63, 3.8) is 0 Å². The van der Waals surface area contributed by atoms with Crippen LogP contribution in [0.3, 0.4) is 0 Å². The number of nitrogens with zero attached hydrogens (tertiary/aromatic N) is 1. The van der Waals surface area contributed by atoms with Gasteiger partial charge in [0.15, 0.2) is 0 Å². The molecule has 0 heterocycles. The number of aliphatic hydroxyl groups excluding tert-OH is 1. The molecule has 0 bridgehead atoms. The van der Waals surface area contributed by atoms with Crippen molar-refractivity contribution in [3.05, 3.63) is 34.9 Å². The molecule has 1 aromatic carbocycles. The van der Waals surface area contributed by atoms with Crippen LogP contribution in [0.25, 0.3) is 0 Å². The summed E-state index contributed by atoms with van der Waals surface area (Å²) in [6.45, 7) is 7.48. The summed E-state index contributed by atoms with van der Waals surface area (Å²) in [6.07, 6.45) is -0.734. The summed E-state index contributed by atoms with van der Waals surface area (Å²) < 4.78 is 0. The van der Waals surface area contributed by atoms with Gasteiger partial charge < -0.3 is 5.11 Å². The minimum Gasteiger partial charge on any atom is -0.387 e. The van der Waals surface area contributed by atoms with Gasteiger partial charge in [-0.3, -0.25) is 0 Å². The molecule has 0 spiro atoms. The molecule has 0 fully saturated rings. The van der Waals surface area contributed by atoms with E-state index in [2.05, 4.69) is 6.07 Å². The Morgan fingerprint density at radius 2 is 1.93 bits per heavy atom. The summed E-state index contributed by atoms with van der Waals surface area (Å²) in [5.41, 5.74) is 2.30. The average molecular weight is 203 g/mol. The number of hydrogen-bond acceptors (Lipinski definition) is 2. The second kappa shape index (κ2) is 4.04. The van der Waals surface area contributed by atoms with Crippen LogP contribution in [0.4, 0.5) is 0 Å². The molecule has 1 atom stereocenters. The van der Waals surface area contributed by atoms with Gasteiger partial charge in [0.25, 0.3) is 0 Å². The molecule has 2 heteroatoms. The Labute approximate surface area is 91.2 Å². The third kappa shape index (κ3) is 2.19. The number of benzene rings is 1. The predicted molar refractivity (Wildman–Crippen MR) is 60.3 cm³/mol. The Hall–Kier alpha value is -1.33. The second-order valence-electron chi connectivity index (χ2n) is 4.53. The maximum absolute atomic E-state index is 10.1. The summed E-state index contributed by atoms with van der Waals surface area (Å²) in [5, 5.41) is 19.1. The van der Waals surface area contributed by atoms with E-state index in [4.69, 9.17) is 5.26 Å². The van der Waals surface area contributed by atoms with Gasteiger partial charge in [-0.05, 0) is 44.4 Å². The summed E-state index contributed by atoms with van der Waals surface area (Å²) in [4.78, 5) is 0. The van der Waals surface area contributed by atoms with Crippen LogP contribution in [-0.4, -0.2) is 5.11 Å². The highest BCUT2D eigenvalue weighted by Crippen LogP contribution is 2.34. The van der Waals surface area contributed by atoms with E-state index >= 15 is 0 Å². The standard InChI is InChI=1S/C13H17NO/c1-9-6-5-7-11(10(9)2)12(15)13(3,4)8-14/h5-7,12,15H,1-4H3. The Morgan fingerprint density at radius 3 is 2.47 bits per heavy atom. The van der Waals surface area contributed by atoms with Crippen LogP contribution in [0.5, 0.6) is 0 Å². The van der Waals surface area contributed by atoms with Crippen LogP contribution in [0, 0.1) is 30.6 Å². The van der Waals surface area contributed by atoms with E-state index in [9.17, 15) is 5.11 Å². The topological polar surface area (TPSA) is 44.0 Å². The number of aliphatic hydroxyl groups is 1. The van der Waals surface area contributed by atoms with Gasteiger partial charge >= 0.3 is 0 Å².